The summed E-state index contributed by atoms with van der Waals surface area (Å²) in [6, 6.07) is 15.9. The molecule has 29 heavy (non-hydrogen) atoms. The van der Waals surface area contributed by atoms with Gasteiger partial charge < -0.3 is 25.4 Å². The normalized spacial score (nSPS) is 23.1. The van der Waals surface area contributed by atoms with E-state index in [2.05, 4.69) is 17.4 Å². The number of nitrogens with zero attached hydrogens (tertiary/aromatic N) is 1. The lowest BCUT2D eigenvalue weighted by molar-refractivity contribution is 0.0713. The Morgan fingerprint density at radius 3 is 2.76 bits per heavy atom. The molecular formula is C23H29N3O3. The summed E-state index contributed by atoms with van der Waals surface area (Å²) in [5.74, 6) is 2.19. The van der Waals surface area contributed by atoms with Crippen molar-refractivity contribution in [2.75, 3.05) is 39.9 Å². The van der Waals surface area contributed by atoms with Crippen LogP contribution < -0.4 is 20.5 Å². The Bertz CT molecular complexity index is 843. The van der Waals surface area contributed by atoms with Crippen LogP contribution in [0.4, 0.5) is 0 Å². The molecule has 4 rings (SSSR count). The Labute approximate surface area is 172 Å². The molecule has 0 bridgehead atoms. The Kier molecular flexibility index (Phi) is 6.02. The second-order valence-corrected chi connectivity index (χ2v) is 7.75. The van der Waals surface area contributed by atoms with Gasteiger partial charge in [0.1, 0.15) is 0 Å². The van der Waals surface area contributed by atoms with E-state index in [1.165, 1.54) is 5.56 Å². The lowest BCUT2D eigenvalue weighted by Gasteiger charge is -2.28. The zero-order valence-corrected chi connectivity index (χ0v) is 16.8. The molecule has 0 unspecified atom stereocenters. The number of rotatable bonds is 7. The van der Waals surface area contributed by atoms with Crippen LogP contribution >= 0.6 is 0 Å². The zero-order valence-electron chi connectivity index (χ0n) is 16.8. The van der Waals surface area contributed by atoms with E-state index in [9.17, 15) is 4.79 Å². The molecule has 0 aromatic heterocycles. The first kappa shape index (κ1) is 19.7. The smallest absolute Gasteiger partial charge is 0.254 e. The lowest BCUT2D eigenvalue weighted by atomic mass is 9.89. The van der Waals surface area contributed by atoms with E-state index in [4.69, 9.17) is 15.2 Å². The summed E-state index contributed by atoms with van der Waals surface area (Å²) in [4.78, 5) is 15.6. The third-order valence-corrected chi connectivity index (χ3v) is 5.98. The number of fused-ring (bicyclic) bond motifs is 1. The quantitative estimate of drug-likeness (QED) is 0.705. The summed E-state index contributed by atoms with van der Waals surface area (Å²) in [7, 11) is 1.60. The topological polar surface area (TPSA) is 76.8 Å². The first-order chi connectivity index (χ1) is 14.2. The van der Waals surface area contributed by atoms with Gasteiger partial charge in [-0.15, -0.1) is 0 Å². The number of likely N-dealkylation sites (tertiary alicyclic amines) is 1. The van der Waals surface area contributed by atoms with Gasteiger partial charge in [0.15, 0.2) is 11.5 Å². The number of hydrogen-bond acceptors (Lipinski definition) is 5. The van der Waals surface area contributed by atoms with Crippen LogP contribution in [0.2, 0.25) is 0 Å². The number of methoxy groups -OCH3 is 1. The molecular weight excluding hydrogens is 366 g/mol. The third-order valence-electron chi connectivity index (χ3n) is 5.98. The average Bonchev–Trinajstić information content (AvgIpc) is 3.35. The number of ether oxygens (including phenoxy) is 2. The molecule has 2 aromatic carbocycles. The van der Waals surface area contributed by atoms with Crippen molar-refractivity contribution < 1.29 is 14.3 Å². The second-order valence-electron chi connectivity index (χ2n) is 7.75. The van der Waals surface area contributed by atoms with Crippen molar-refractivity contribution in [3.8, 4) is 11.5 Å². The third kappa shape index (κ3) is 3.95. The summed E-state index contributed by atoms with van der Waals surface area (Å²) in [5, 5.41) is 3.49. The van der Waals surface area contributed by atoms with E-state index >= 15 is 0 Å². The van der Waals surface area contributed by atoms with Crippen molar-refractivity contribution >= 4 is 5.91 Å². The highest BCUT2D eigenvalue weighted by Gasteiger charge is 2.46. The number of hydrogen-bond donors (Lipinski definition) is 2. The monoisotopic (exact) mass is 395 g/mol. The van der Waals surface area contributed by atoms with Gasteiger partial charge in [0.25, 0.3) is 5.91 Å². The lowest BCUT2D eigenvalue weighted by Crippen LogP contribution is -2.34. The van der Waals surface area contributed by atoms with Gasteiger partial charge in [-0.1, -0.05) is 30.3 Å². The molecule has 6 nitrogen and oxygen atoms in total. The van der Waals surface area contributed by atoms with Crippen molar-refractivity contribution in [2.24, 2.45) is 17.6 Å². The number of nitrogens with one attached hydrogen (secondary N) is 1. The van der Waals surface area contributed by atoms with Crippen molar-refractivity contribution in [2.45, 2.75) is 12.5 Å². The number of benzene rings is 2. The van der Waals surface area contributed by atoms with Crippen molar-refractivity contribution in [1.29, 1.82) is 0 Å². The second kappa shape index (κ2) is 8.84. The minimum atomic E-state index is 0.0413. The maximum Gasteiger partial charge on any atom is 0.254 e. The number of amides is 1. The van der Waals surface area contributed by atoms with Gasteiger partial charge in [-0.25, -0.2) is 0 Å². The predicted octanol–water partition coefficient (Wildman–Crippen LogP) is 2.46. The predicted molar refractivity (Wildman–Crippen MR) is 112 cm³/mol. The summed E-state index contributed by atoms with van der Waals surface area (Å²) in [5.41, 5.74) is 7.39. The van der Waals surface area contributed by atoms with Gasteiger partial charge in [0, 0.05) is 31.1 Å². The fourth-order valence-electron chi connectivity index (χ4n) is 4.56. The highest BCUT2D eigenvalue weighted by molar-refractivity contribution is 5.95. The largest absolute Gasteiger partial charge is 0.493 e. The molecule has 3 atom stereocenters. The van der Waals surface area contributed by atoms with E-state index in [1.54, 1.807) is 19.2 Å². The molecule has 2 aliphatic rings. The van der Waals surface area contributed by atoms with E-state index in [1.807, 2.05) is 29.2 Å². The average molecular weight is 396 g/mol. The van der Waals surface area contributed by atoms with Crippen molar-refractivity contribution in [3.63, 3.8) is 0 Å². The fourth-order valence-corrected chi connectivity index (χ4v) is 4.56. The summed E-state index contributed by atoms with van der Waals surface area (Å²) in [6.45, 7) is 3.74. The van der Waals surface area contributed by atoms with E-state index < -0.39 is 0 Å². The SMILES string of the molecule is COc1ccc(C(=O)N2C[C@@H]3CNC[C@@H]3[C@H]2c2ccccc2)cc1OCCCN. The molecule has 0 saturated carbocycles. The Morgan fingerprint density at radius 1 is 1.17 bits per heavy atom. The van der Waals surface area contributed by atoms with Crippen LogP contribution in [0, 0.1) is 11.8 Å². The molecule has 1 amide bonds. The molecule has 3 N–H and O–H groups in total. The number of carbonyl (C=O) groups excluding carboxylic acids is 1. The first-order valence-electron chi connectivity index (χ1n) is 10.3. The molecule has 0 aliphatic carbocycles. The van der Waals surface area contributed by atoms with Crippen LogP contribution in [0.25, 0.3) is 0 Å². The Balaban J connectivity index is 1.61. The van der Waals surface area contributed by atoms with Crippen LogP contribution in [0.15, 0.2) is 48.5 Å². The highest BCUT2D eigenvalue weighted by Crippen LogP contribution is 2.43. The molecule has 2 aromatic rings. The highest BCUT2D eigenvalue weighted by atomic mass is 16.5. The fraction of sp³-hybridized carbons (Fsp3) is 0.435. The zero-order chi connectivity index (χ0) is 20.2. The van der Waals surface area contributed by atoms with Gasteiger partial charge in [-0.2, -0.15) is 0 Å². The number of carbonyl (C=O) groups is 1. The van der Waals surface area contributed by atoms with Crippen LogP contribution in [0.5, 0.6) is 11.5 Å². The Hall–Kier alpha value is -2.57. The van der Waals surface area contributed by atoms with Crippen molar-refractivity contribution in [1.82, 2.24) is 10.2 Å². The summed E-state index contributed by atoms with van der Waals surface area (Å²) < 4.78 is 11.2. The van der Waals surface area contributed by atoms with Gasteiger partial charge in [0.05, 0.1) is 19.8 Å². The summed E-state index contributed by atoms with van der Waals surface area (Å²) in [6.07, 6.45) is 0.750. The van der Waals surface area contributed by atoms with Crippen molar-refractivity contribution in [3.05, 3.63) is 59.7 Å². The molecule has 2 aliphatic heterocycles. The minimum absolute atomic E-state index is 0.0413. The van der Waals surface area contributed by atoms with E-state index in [-0.39, 0.29) is 11.9 Å². The van der Waals surface area contributed by atoms with Crippen LogP contribution in [0.3, 0.4) is 0 Å². The molecule has 0 radical (unpaired) electrons. The maximum atomic E-state index is 13.5. The molecule has 6 heteroatoms. The van der Waals surface area contributed by atoms with Gasteiger partial charge in [-0.05, 0) is 42.6 Å². The Morgan fingerprint density at radius 2 is 2.00 bits per heavy atom. The first-order valence-corrected chi connectivity index (χ1v) is 10.3. The minimum Gasteiger partial charge on any atom is -0.493 e. The molecule has 2 saturated heterocycles. The molecule has 2 heterocycles. The van der Waals surface area contributed by atoms with E-state index in [0.29, 0.717) is 42.0 Å². The van der Waals surface area contributed by atoms with Crippen LogP contribution in [-0.4, -0.2) is 50.7 Å². The maximum absolute atomic E-state index is 13.5. The van der Waals surface area contributed by atoms with Gasteiger partial charge in [0.2, 0.25) is 0 Å². The van der Waals surface area contributed by atoms with Gasteiger partial charge in [-0.3, -0.25) is 4.79 Å². The van der Waals surface area contributed by atoms with E-state index in [0.717, 1.165) is 26.1 Å². The van der Waals surface area contributed by atoms with Crippen LogP contribution in [0.1, 0.15) is 28.4 Å². The molecule has 0 spiro atoms. The van der Waals surface area contributed by atoms with Crippen LogP contribution in [-0.2, 0) is 0 Å². The summed E-state index contributed by atoms with van der Waals surface area (Å²) >= 11 is 0. The molecule has 154 valence electrons. The van der Waals surface area contributed by atoms with Gasteiger partial charge >= 0.3 is 0 Å². The standard InChI is InChI=1S/C23H29N3O3/c1-28-20-9-8-17(12-21(20)29-11-5-10-24)23(27)26-15-18-13-25-14-19(18)22(26)16-6-3-2-4-7-16/h2-4,6-9,12,18-19,22,25H,5,10-11,13-15,24H2,1H3/t18-,19-,22+/m0/s1. The number of nitrogens with two attached hydrogens (primary N) is 1. The molecule has 2 fully saturated rings.